The Kier molecular flexibility index (Phi) is 5.05. The summed E-state index contributed by atoms with van der Waals surface area (Å²) in [6.07, 6.45) is 6.11. The molecule has 1 atom stereocenters. The predicted octanol–water partition coefficient (Wildman–Crippen LogP) is 2.70. The Bertz CT molecular complexity index is 894. The number of carbonyl (C=O) groups is 1. The SMILES string of the molecule is O=C(N[C@H](Cc1ccccc1)Cn1ccnc1)c1cccc2c1OCCO2. The first-order chi connectivity index (χ1) is 13.3. The summed E-state index contributed by atoms with van der Waals surface area (Å²) in [5.74, 6) is 0.962. The largest absolute Gasteiger partial charge is 0.486 e. The van der Waals surface area contributed by atoms with Crippen molar-refractivity contribution in [2.75, 3.05) is 13.2 Å². The van der Waals surface area contributed by atoms with Crippen LogP contribution in [0.5, 0.6) is 11.5 Å². The van der Waals surface area contributed by atoms with E-state index in [4.69, 9.17) is 9.47 Å². The van der Waals surface area contributed by atoms with Gasteiger partial charge in [-0.05, 0) is 24.1 Å². The minimum atomic E-state index is -0.168. The van der Waals surface area contributed by atoms with Gasteiger partial charge in [-0.3, -0.25) is 4.79 Å². The molecule has 3 aromatic rings. The third kappa shape index (κ3) is 4.11. The maximum absolute atomic E-state index is 13.0. The number of nitrogens with zero attached hydrogens (tertiary/aromatic N) is 2. The van der Waals surface area contributed by atoms with Gasteiger partial charge in [0.05, 0.1) is 17.9 Å². The zero-order chi connectivity index (χ0) is 18.5. The van der Waals surface area contributed by atoms with Crippen LogP contribution in [0.15, 0.2) is 67.3 Å². The van der Waals surface area contributed by atoms with Crippen LogP contribution >= 0.6 is 0 Å². The number of hydrogen-bond donors (Lipinski definition) is 1. The lowest BCUT2D eigenvalue weighted by molar-refractivity contribution is 0.0922. The second kappa shape index (κ2) is 7.95. The lowest BCUT2D eigenvalue weighted by atomic mass is 10.0. The third-order valence-electron chi connectivity index (χ3n) is 4.46. The van der Waals surface area contributed by atoms with Gasteiger partial charge < -0.3 is 19.4 Å². The van der Waals surface area contributed by atoms with Crippen LogP contribution < -0.4 is 14.8 Å². The van der Waals surface area contributed by atoms with E-state index < -0.39 is 0 Å². The Balaban J connectivity index is 1.54. The molecule has 6 heteroatoms. The smallest absolute Gasteiger partial charge is 0.255 e. The molecule has 0 bridgehead atoms. The topological polar surface area (TPSA) is 65.4 Å². The first-order valence-electron chi connectivity index (χ1n) is 8.99. The van der Waals surface area contributed by atoms with Gasteiger partial charge in [0, 0.05) is 18.9 Å². The van der Waals surface area contributed by atoms with E-state index in [-0.39, 0.29) is 11.9 Å². The monoisotopic (exact) mass is 363 g/mol. The highest BCUT2D eigenvalue weighted by atomic mass is 16.6. The maximum atomic E-state index is 13.0. The van der Waals surface area contributed by atoms with Crippen LogP contribution in [0.25, 0.3) is 0 Å². The zero-order valence-corrected chi connectivity index (χ0v) is 14.9. The van der Waals surface area contributed by atoms with Crippen molar-refractivity contribution >= 4 is 5.91 Å². The van der Waals surface area contributed by atoms with Crippen LogP contribution in [0.3, 0.4) is 0 Å². The van der Waals surface area contributed by atoms with Gasteiger partial charge in [-0.1, -0.05) is 36.4 Å². The molecule has 1 N–H and O–H groups in total. The second-order valence-electron chi connectivity index (χ2n) is 6.45. The molecule has 0 fully saturated rings. The lowest BCUT2D eigenvalue weighted by Gasteiger charge is -2.23. The summed E-state index contributed by atoms with van der Waals surface area (Å²) in [5.41, 5.74) is 1.66. The van der Waals surface area contributed by atoms with E-state index in [1.54, 1.807) is 18.6 Å². The summed E-state index contributed by atoms with van der Waals surface area (Å²) in [5, 5.41) is 3.15. The zero-order valence-electron chi connectivity index (χ0n) is 14.9. The van der Waals surface area contributed by atoms with Gasteiger partial charge in [-0.25, -0.2) is 4.98 Å². The number of para-hydroxylation sites is 1. The van der Waals surface area contributed by atoms with Crippen LogP contribution in [0.1, 0.15) is 15.9 Å². The summed E-state index contributed by atoms with van der Waals surface area (Å²) >= 11 is 0. The number of aromatic nitrogens is 2. The van der Waals surface area contributed by atoms with Crippen LogP contribution in [-0.2, 0) is 13.0 Å². The average Bonchev–Trinajstić information content (AvgIpc) is 3.21. The predicted molar refractivity (Wildman–Crippen MR) is 101 cm³/mol. The fourth-order valence-electron chi connectivity index (χ4n) is 3.22. The molecule has 4 rings (SSSR count). The van der Waals surface area contributed by atoms with Crippen LogP contribution in [0.2, 0.25) is 0 Å². The molecule has 1 amide bonds. The number of amides is 1. The number of carbonyl (C=O) groups excluding carboxylic acids is 1. The first kappa shape index (κ1) is 17.1. The minimum absolute atomic E-state index is 0.0885. The highest BCUT2D eigenvalue weighted by Crippen LogP contribution is 2.33. The summed E-state index contributed by atoms with van der Waals surface area (Å²) in [4.78, 5) is 17.1. The van der Waals surface area contributed by atoms with Gasteiger partial charge in [0.2, 0.25) is 0 Å². The van der Waals surface area contributed by atoms with Crippen molar-refractivity contribution in [3.8, 4) is 11.5 Å². The quantitative estimate of drug-likeness (QED) is 0.731. The van der Waals surface area contributed by atoms with Crippen molar-refractivity contribution < 1.29 is 14.3 Å². The number of benzene rings is 2. The Morgan fingerprint density at radius 1 is 1.11 bits per heavy atom. The maximum Gasteiger partial charge on any atom is 0.255 e. The number of ether oxygens (including phenoxy) is 2. The van der Waals surface area contributed by atoms with E-state index in [0.29, 0.717) is 36.8 Å². The fourth-order valence-corrected chi connectivity index (χ4v) is 3.22. The molecular weight excluding hydrogens is 342 g/mol. The first-order valence-corrected chi connectivity index (χ1v) is 8.99. The Morgan fingerprint density at radius 3 is 2.78 bits per heavy atom. The fraction of sp³-hybridized carbons (Fsp3) is 0.238. The Morgan fingerprint density at radius 2 is 1.96 bits per heavy atom. The van der Waals surface area contributed by atoms with E-state index >= 15 is 0 Å². The molecule has 1 aliphatic heterocycles. The number of nitrogens with one attached hydrogen (secondary N) is 1. The lowest BCUT2D eigenvalue weighted by Crippen LogP contribution is -2.39. The van der Waals surface area contributed by atoms with E-state index in [2.05, 4.69) is 22.4 Å². The van der Waals surface area contributed by atoms with Crippen molar-refractivity contribution in [2.45, 2.75) is 19.0 Å². The minimum Gasteiger partial charge on any atom is -0.486 e. The molecule has 1 aromatic heterocycles. The summed E-state index contributed by atoms with van der Waals surface area (Å²) in [6, 6.07) is 15.4. The molecule has 0 aliphatic carbocycles. The van der Waals surface area contributed by atoms with E-state index in [0.717, 1.165) is 12.0 Å². The van der Waals surface area contributed by atoms with Crippen LogP contribution in [0, 0.1) is 0 Å². The molecule has 0 spiro atoms. The molecule has 2 aromatic carbocycles. The number of imidazole rings is 1. The van der Waals surface area contributed by atoms with Gasteiger partial charge in [0.1, 0.15) is 13.2 Å². The number of fused-ring (bicyclic) bond motifs is 1. The van der Waals surface area contributed by atoms with E-state index in [1.807, 2.05) is 41.1 Å². The van der Waals surface area contributed by atoms with E-state index in [9.17, 15) is 4.79 Å². The molecule has 0 unspecified atom stereocenters. The summed E-state index contributed by atoms with van der Waals surface area (Å²) in [7, 11) is 0. The van der Waals surface area contributed by atoms with Crippen molar-refractivity contribution in [3.63, 3.8) is 0 Å². The van der Waals surface area contributed by atoms with Crippen molar-refractivity contribution in [1.29, 1.82) is 0 Å². The second-order valence-corrected chi connectivity index (χ2v) is 6.45. The normalized spacial score (nSPS) is 13.8. The van der Waals surface area contributed by atoms with Gasteiger partial charge in [-0.2, -0.15) is 0 Å². The van der Waals surface area contributed by atoms with Crippen LogP contribution in [-0.4, -0.2) is 34.7 Å². The Labute approximate surface area is 157 Å². The molecular formula is C21H21N3O3. The van der Waals surface area contributed by atoms with Crippen LogP contribution in [0.4, 0.5) is 0 Å². The number of hydrogen-bond acceptors (Lipinski definition) is 4. The Hall–Kier alpha value is -3.28. The van der Waals surface area contributed by atoms with Gasteiger partial charge in [0.25, 0.3) is 5.91 Å². The highest BCUT2D eigenvalue weighted by molar-refractivity contribution is 5.98. The van der Waals surface area contributed by atoms with Crippen molar-refractivity contribution in [2.24, 2.45) is 0 Å². The third-order valence-corrected chi connectivity index (χ3v) is 4.46. The average molecular weight is 363 g/mol. The molecule has 138 valence electrons. The van der Waals surface area contributed by atoms with Gasteiger partial charge in [0.15, 0.2) is 11.5 Å². The molecule has 0 radical (unpaired) electrons. The molecule has 27 heavy (non-hydrogen) atoms. The summed E-state index contributed by atoms with van der Waals surface area (Å²) < 4.78 is 13.2. The number of rotatable bonds is 6. The summed E-state index contributed by atoms with van der Waals surface area (Å²) in [6.45, 7) is 1.57. The standard InChI is InChI=1S/C21H21N3O3/c25-21(18-7-4-8-19-20(18)27-12-11-26-19)23-17(14-24-10-9-22-15-24)13-16-5-2-1-3-6-16/h1-10,15,17H,11-14H2,(H,23,25)/t17-/m1/s1. The van der Waals surface area contributed by atoms with Crippen molar-refractivity contribution in [3.05, 3.63) is 78.4 Å². The molecule has 1 aliphatic rings. The molecule has 0 saturated heterocycles. The van der Waals surface area contributed by atoms with Gasteiger partial charge in [-0.15, -0.1) is 0 Å². The highest BCUT2D eigenvalue weighted by Gasteiger charge is 2.22. The molecule has 6 nitrogen and oxygen atoms in total. The molecule has 0 saturated carbocycles. The molecule has 2 heterocycles. The van der Waals surface area contributed by atoms with Gasteiger partial charge >= 0.3 is 0 Å². The van der Waals surface area contributed by atoms with Crippen molar-refractivity contribution in [1.82, 2.24) is 14.9 Å². The van der Waals surface area contributed by atoms with E-state index in [1.165, 1.54) is 0 Å².